The minimum Gasteiger partial charge on any atom is -0.453 e. The highest BCUT2D eigenvalue weighted by molar-refractivity contribution is 9.10. The third-order valence-corrected chi connectivity index (χ3v) is 3.37. The molecule has 15 heavy (non-hydrogen) atoms. The number of hydrogen-bond donors (Lipinski definition) is 1. The van der Waals surface area contributed by atoms with E-state index in [1.807, 2.05) is 23.9 Å². The second-order valence-electron chi connectivity index (χ2n) is 3.52. The molecule has 0 spiro atoms. The highest BCUT2D eigenvalue weighted by Gasteiger charge is 2.08. The van der Waals surface area contributed by atoms with Gasteiger partial charge in [0.25, 0.3) is 0 Å². The molecule has 0 radical (unpaired) electrons. The minimum atomic E-state index is 0.297. The highest BCUT2D eigenvalue weighted by Crippen LogP contribution is 2.19. The Morgan fingerprint density at radius 1 is 1.47 bits per heavy atom. The first-order valence-corrected chi connectivity index (χ1v) is 7.40. The Morgan fingerprint density at radius 2 is 2.27 bits per heavy atom. The summed E-state index contributed by atoms with van der Waals surface area (Å²) in [5, 5.41) is 3.45. The molecule has 0 bridgehead atoms. The van der Waals surface area contributed by atoms with E-state index in [1.54, 1.807) is 0 Å². The van der Waals surface area contributed by atoms with Crippen LogP contribution in [0, 0.1) is 0 Å². The predicted octanol–water partition coefficient (Wildman–Crippen LogP) is 3.84. The monoisotopic (exact) mass is 291 g/mol. The first-order chi connectivity index (χ1) is 7.24. The molecule has 2 nitrogen and oxygen atoms in total. The van der Waals surface area contributed by atoms with Crippen LogP contribution in [0.3, 0.4) is 0 Å². The van der Waals surface area contributed by atoms with Gasteiger partial charge < -0.3 is 9.73 Å². The smallest absolute Gasteiger partial charge is 0.169 e. The molecule has 1 heterocycles. The highest BCUT2D eigenvalue weighted by atomic mass is 79.9. The zero-order chi connectivity index (χ0) is 11.1. The number of halogens is 1. The van der Waals surface area contributed by atoms with Gasteiger partial charge in [0.2, 0.25) is 0 Å². The maximum atomic E-state index is 5.47. The molecule has 0 aliphatic rings. The fraction of sp³-hybridized carbons (Fsp3) is 0.636. The van der Waals surface area contributed by atoms with Crippen LogP contribution in [0.4, 0.5) is 0 Å². The van der Waals surface area contributed by atoms with Gasteiger partial charge in [0, 0.05) is 0 Å². The first-order valence-electron chi connectivity index (χ1n) is 5.21. The summed E-state index contributed by atoms with van der Waals surface area (Å²) < 4.78 is 6.27. The summed E-state index contributed by atoms with van der Waals surface area (Å²) in [7, 11) is 0. The van der Waals surface area contributed by atoms with E-state index >= 15 is 0 Å². The van der Waals surface area contributed by atoms with E-state index in [1.165, 1.54) is 18.6 Å². The van der Waals surface area contributed by atoms with Crippen molar-refractivity contribution in [3.05, 3.63) is 22.6 Å². The lowest BCUT2D eigenvalue weighted by Crippen LogP contribution is -2.19. The lowest BCUT2D eigenvalue weighted by Gasteiger charge is -2.10. The second-order valence-corrected chi connectivity index (χ2v) is 5.28. The van der Waals surface area contributed by atoms with Gasteiger partial charge in [-0.05, 0) is 66.4 Å². The number of thioether (sulfide) groups is 1. The van der Waals surface area contributed by atoms with Crippen LogP contribution in [0.2, 0.25) is 0 Å². The Kier molecular flexibility index (Phi) is 6.45. The van der Waals surface area contributed by atoms with E-state index in [0.29, 0.717) is 6.04 Å². The summed E-state index contributed by atoms with van der Waals surface area (Å²) in [5.41, 5.74) is 0. The van der Waals surface area contributed by atoms with Crippen molar-refractivity contribution in [2.75, 3.05) is 18.6 Å². The molecule has 1 aromatic rings. The van der Waals surface area contributed by atoms with Crippen LogP contribution in [0.15, 0.2) is 21.2 Å². The Balaban J connectivity index is 2.16. The molecule has 1 rings (SSSR count). The SMILES string of the molecule is CSCCCCNC(C)c1ccc(Br)o1. The maximum Gasteiger partial charge on any atom is 0.169 e. The fourth-order valence-electron chi connectivity index (χ4n) is 1.35. The normalized spacial score (nSPS) is 13.0. The fourth-order valence-corrected chi connectivity index (χ4v) is 2.16. The van der Waals surface area contributed by atoms with Crippen molar-refractivity contribution in [2.24, 2.45) is 0 Å². The van der Waals surface area contributed by atoms with Crippen LogP contribution < -0.4 is 5.32 Å². The largest absolute Gasteiger partial charge is 0.453 e. The molecular formula is C11H18BrNOS. The standard InChI is InChI=1S/C11H18BrNOS/c1-9(10-5-6-11(12)14-10)13-7-3-4-8-15-2/h5-6,9,13H,3-4,7-8H2,1-2H3. The van der Waals surface area contributed by atoms with Gasteiger partial charge in [-0.25, -0.2) is 0 Å². The van der Waals surface area contributed by atoms with Gasteiger partial charge in [0.1, 0.15) is 5.76 Å². The molecule has 0 amide bonds. The van der Waals surface area contributed by atoms with Crippen molar-refractivity contribution in [3.8, 4) is 0 Å². The zero-order valence-corrected chi connectivity index (χ0v) is 11.7. The molecule has 0 fully saturated rings. The predicted molar refractivity (Wildman–Crippen MR) is 70.4 cm³/mol. The summed E-state index contributed by atoms with van der Waals surface area (Å²) in [4.78, 5) is 0. The van der Waals surface area contributed by atoms with Crippen LogP contribution in [-0.4, -0.2) is 18.6 Å². The number of nitrogens with one attached hydrogen (secondary N) is 1. The van der Waals surface area contributed by atoms with Crippen LogP contribution >= 0.6 is 27.7 Å². The van der Waals surface area contributed by atoms with Crippen molar-refractivity contribution >= 4 is 27.7 Å². The molecule has 1 unspecified atom stereocenters. The third kappa shape index (κ3) is 5.09. The zero-order valence-electron chi connectivity index (χ0n) is 9.25. The first kappa shape index (κ1) is 13.1. The third-order valence-electron chi connectivity index (χ3n) is 2.25. The molecule has 0 saturated heterocycles. The summed E-state index contributed by atoms with van der Waals surface area (Å²) in [5.74, 6) is 2.24. The Hall–Kier alpha value is 0.0700. The number of furan rings is 1. The molecule has 1 aromatic heterocycles. The average molecular weight is 292 g/mol. The van der Waals surface area contributed by atoms with Gasteiger partial charge in [0.15, 0.2) is 4.67 Å². The van der Waals surface area contributed by atoms with Crippen molar-refractivity contribution in [3.63, 3.8) is 0 Å². The van der Waals surface area contributed by atoms with E-state index < -0.39 is 0 Å². The lowest BCUT2D eigenvalue weighted by atomic mass is 10.2. The van der Waals surface area contributed by atoms with Gasteiger partial charge in [-0.2, -0.15) is 11.8 Å². The van der Waals surface area contributed by atoms with E-state index in [-0.39, 0.29) is 0 Å². The summed E-state index contributed by atoms with van der Waals surface area (Å²) >= 11 is 5.21. The van der Waals surface area contributed by atoms with Gasteiger partial charge in [-0.1, -0.05) is 0 Å². The van der Waals surface area contributed by atoms with Crippen molar-refractivity contribution in [1.82, 2.24) is 5.32 Å². The molecule has 1 atom stereocenters. The van der Waals surface area contributed by atoms with E-state index in [2.05, 4.69) is 34.4 Å². The number of unbranched alkanes of at least 4 members (excludes halogenated alkanes) is 1. The van der Waals surface area contributed by atoms with E-state index in [9.17, 15) is 0 Å². The molecule has 0 aliphatic heterocycles. The summed E-state index contributed by atoms with van der Waals surface area (Å²) in [6, 6.07) is 4.23. The van der Waals surface area contributed by atoms with Gasteiger partial charge in [-0.15, -0.1) is 0 Å². The Morgan fingerprint density at radius 3 is 2.87 bits per heavy atom. The molecule has 0 aliphatic carbocycles. The molecule has 0 aromatic carbocycles. The number of hydrogen-bond acceptors (Lipinski definition) is 3. The van der Waals surface area contributed by atoms with Crippen LogP contribution in [-0.2, 0) is 0 Å². The lowest BCUT2D eigenvalue weighted by molar-refractivity contribution is 0.416. The average Bonchev–Trinajstić information content (AvgIpc) is 2.64. The second kappa shape index (κ2) is 7.36. The molecule has 4 heteroatoms. The quantitative estimate of drug-likeness (QED) is 0.773. The molecular weight excluding hydrogens is 274 g/mol. The van der Waals surface area contributed by atoms with Crippen LogP contribution in [0.25, 0.3) is 0 Å². The van der Waals surface area contributed by atoms with E-state index in [0.717, 1.165) is 17.0 Å². The Labute approximate surface area is 104 Å². The maximum absolute atomic E-state index is 5.47. The molecule has 1 N–H and O–H groups in total. The molecule has 86 valence electrons. The minimum absolute atomic E-state index is 0.297. The van der Waals surface area contributed by atoms with Crippen molar-refractivity contribution < 1.29 is 4.42 Å². The van der Waals surface area contributed by atoms with Crippen molar-refractivity contribution in [1.29, 1.82) is 0 Å². The van der Waals surface area contributed by atoms with E-state index in [4.69, 9.17) is 4.42 Å². The van der Waals surface area contributed by atoms with Gasteiger partial charge >= 0.3 is 0 Å². The Bertz CT molecular complexity index is 277. The summed E-state index contributed by atoms with van der Waals surface area (Å²) in [6.07, 6.45) is 4.66. The van der Waals surface area contributed by atoms with Gasteiger partial charge in [0.05, 0.1) is 6.04 Å². The van der Waals surface area contributed by atoms with Crippen LogP contribution in [0.5, 0.6) is 0 Å². The van der Waals surface area contributed by atoms with Crippen molar-refractivity contribution in [2.45, 2.75) is 25.8 Å². The van der Waals surface area contributed by atoms with Crippen LogP contribution in [0.1, 0.15) is 31.6 Å². The molecule has 0 saturated carbocycles. The van der Waals surface area contributed by atoms with Gasteiger partial charge in [-0.3, -0.25) is 0 Å². The topological polar surface area (TPSA) is 25.2 Å². The number of rotatable bonds is 7. The summed E-state index contributed by atoms with van der Waals surface area (Å²) in [6.45, 7) is 3.18.